The van der Waals surface area contributed by atoms with Crippen molar-refractivity contribution < 1.29 is 4.79 Å². The number of urea groups is 1. The minimum Gasteiger partial charge on any atom is -0.319 e. The molecule has 2 amide bonds. The Balaban J connectivity index is 1.33. The van der Waals surface area contributed by atoms with Crippen LogP contribution in [0.1, 0.15) is 64.7 Å². The van der Waals surface area contributed by atoms with Crippen LogP contribution in [0.4, 0.5) is 4.79 Å². The van der Waals surface area contributed by atoms with Crippen molar-refractivity contribution in [3.63, 3.8) is 0 Å². The molecule has 3 nitrogen and oxygen atoms in total. The summed E-state index contributed by atoms with van der Waals surface area (Å²) in [6.07, 6.45) is 12.4. The zero-order valence-electron chi connectivity index (χ0n) is 14.4. The molecule has 7 fully saturated rings. The van der Waals surface area contributed by atoms with Crippen molar-refractivity contribution in [3.05, 3.63) is 0 Å². The first kappa shape index (κ1) is 13.5. The summed E-state index contributed by atoms with van der Waals surface area (Å²) in [7, 11) is 0. The van der Waals surface area contributed by atoms with E-state index < -0.39 is 0 Å². The quantitative estimate of drug-likeness (QED) is 0.775. The molecule has 0 aromatic heterocycles. The fraction of sp³-hybridized carbons (Fsp3) is 0.950. The highest BCUT2D eigenvalue weighted by molar-refractivity contribution is 5.79. The van der Waals surface area contributed by atoms with Gasteiger partial charge in [0.1, 0.15) is 0 Å². The van der Waals surface area contributed by atoms with Crippen LogP contribution in [-0.2, 0) is 0 Å². The summed E-state index contributed by atoms with van der Waals surface area (Å²) in [5, 5.41) is 0. The Morgan fingerprint density at radius 2 is 1.52 bits per heavy atom. The molecule has 0 radical (unpaired) electrons. The lowest BCUT2D eigenvalue weighted by Gasteiger charge is -2.56. The summed E-state index contributed by atoms with van der Waals surface area (Å²) < 4.78 is 0. The highest BCUT2D eigenvalue weighted by atomic mass is 16.2. The van der Waals surface area contributed by atoms with Crippen LogP contribution in [0.15, 0.2) is 0 Å². The van der Waals surface area contributed by atoms with Crippen LogP contribution >= 0.6 is 0 Å². The normalized spacial score (nSPS) is 51.9. The summed E-state index contributed by atoms with van der Waals surface area (Å²) in [5.41, 5.74) is 0.160. The molecule has 1 heterocycles. The van der Waals surface area contributed by atoms with E-state index in [1.165, 1.54) is 57.8 Å². The molecule has 3 heteroatoms. The van der Waals surface area contributed by atoms with Crippen LogP contribution in [0.5, 0.6) is 0 Å². The second-order valence-corrected chi connectivity index (χ2v) is 10.1. The molecule has 0 N–H and O–H groups in total. The zero-order valence-corrected chi connectivity index (χ0v) is 14.4. The standard InChI is InChI=1S/C20H30N2O/c1-20(16-2-3-16)11-21(19(23)22(20)17-4-5-17)18-14-7-12-6-13(9-14)10-15(18)8-12/h12-18H,2-11H2,1H3. The second-order valence-electron chi connectivity index (χ2n) is 10.1. The van der Waals surface area contributed by atoms with Crippen molar-refractivity contribution >= 4 is 6.03 Å². The lowest BCUT2D eigenvalue weighted by atomic mass is 9.54. The monoisotopic (exact) mass is 314 g/mol. The molecule has 4 bridgehead atoms. The van der Waals surface area contributed by atoms with Gasteiger partial charge in [-0.1, -0.05) is 0 Å². The molecule has 126 valence electrons. The third kappa shape index (κ3) is 1.80. The van der Waals surface area contributed by atoms with E-state index in [0.29, 0.717) is 18.1 Å². The number of carbonyl (C=O) groups excluding carboxylic acids is 1. The predicted octanol–water partition coefficient (Wildman–Crippen LogP) is 3.88. The molecule has 1 unspecified atom stereocenters. The van der Waals surface area contributed by atoms with Gasteiger partial charge in [0.2, 0.25) is 0 Å². The van der Waals surface area contributed by atoms with Crippen LogP contribution in [0.3, 0.4) is 0 Å². The van der Waals surface area contributed by atoms with Crippen LogP contribution in [0.2, 0.25) is 0 Å². The lowest BCUT2D eigenvalue weighted by molar-refractivity contribution is -0.0485. The van der Waals surface area contributed by atoms with Gasteiger partial charge in [0, 0.05) is 18.6 Å². The molecule has 0 aromatic carbocycles. The first-order chi connectivity index (χ1) is 11.1. The van der Waals surface area contributed by atoms with Gasteiger partial charge in [-0.2, -0.15) is 0 Å². The van der Waals surface area contributed by atoms with Crippen molar-refractivity contribution in [3.8, 4) is 0 Å². The molecule has 7 aliphatic rings. The summed E-state index contributed by atoms with van der Waals surface area (Å²) in [4.78, 5) is 18.2. The van der Waals surface area contributed by atoms with Crippen LogP contribution in [-0.4, -0.2) is 40.0 Å². The Morgan fingerprint density at radius 3 is 2.04 bits per heavy atom. The van der Waals surface area contributed by atoms with E-state index >= 15 is 0 Å². The highest BCUT2D eigenvalue weighted by Gasteiger charge is 2.61. The van der Waals surface area contributed by atoms with E-state index in [0.717, 1.165) is 36.1 Å². The van der Waals surface area contributed by atoms with E-state index in [-0.39, 0.29) is 5.54 Å². The highest BCUT2D eigenvalue weighted by Crippen LogP contribution is 2.58. The summed E-state index contributed by atoms with van der Waals surface area (Å²) >= 11 is 0. The molecule has 7 rings (SSSR count). The molecule has 23 heavy (non-hydrogen) atoms. The molecular formula is C20H30N2O. The van der Waals surface area contributed by atoms with E-state index in [1.54, 1.807) is 0 Å². The van der Waals surface area contributed by atoms with Crippen LogP contribution in [0.25, 0.3) is 0 Å². The topological polar surface area (TPSA) is 23.6 Å². The average molecular weight is 314 g/mol. The van der Waals surface area contributed by atoms with Crippen molar-refractivity contribution in [2.45, 2.75) is 82.3 Å². The first-order valence-electron chi connectivity index (χ1n) is 10.2. The number of amides is 2. The van der Waals surface area contributed by atoms with Gasteiger partial charge in [-0.3, -0.25) is 0 Å². The molecule has 1 atom stereocenters. The van der Waals surface area contributed by atoms with Gasteiger partial charge in [0.05, 0.1) is 5.54 Å². The number of nitrogens with zero attached hydrogens (tertiary/aromatic N) is 2. The van der Waals surface area contributed by atoms with E-state index in [1.807, 2.05) is 0 Å². The van der Waals surface area contributed by atoms with Crippen molar-refractivity contribution in [1.29, 1.82) is 0 Å². The smallest absolute Gasteiger partial charge is 0.319 e. The van der Waals surface area contributed by atoms with Crippen molar-refractivity contribution in [2.24, 2.45) is 29.6 Å². The van der Waals surface area contributed by atoms with E-state index in [9.17, 15) is 4.79 Å². The van der Waals surface area contributed by atoms with E-state index in [4.69, 9.17) is 0 Å². The van der Waals surface area contributed by atoms with Crippen molar-refractivity contribution in [2.75, 3.05) is 6.54 Å². The number of carbonyl (C=O) groups is 1. The SMILES string of the molecule is CC1(C2CC2)CN(C2C3CC4CC(C3)CC2C4)C(=O)N1C1CC1. The first-order valence-corrected chi connectivity index (χ1v) is 10.2. The summed E-state index contributed by atoms with van der Waals surface area (Å²) in [6.45, 7) is 3.46. The Morgan fingerprint density at radius 1 is 0.913 bits per heavy atom. The van der Waals surface area contributed by atoms with Gasteiger partial charge in [0.15, 0.2) is 0 Å². The maximum atomic E-state index is 13.4. The fourth-order valence-corrected chi connectivity index (χ4v) is 7.42. The zero-order chi connectivity index (χ0) is 15.3. The molecule has 0 aromatic rings. The molecule has 1 aliphatic heterocycles. The van der Waals surface area contributed by atoms with Gasteiger partial charge in [0.25, 0.3) is 0 Å². The number of rotatable bonds is 3. The molecule has 1 saturated heterocycles. The van der Waals surface area contributed by atoms with Crippen molar-refractivity contribution in [1.82, 2.24) is 9.80 Å². The largest absolute Gasteiger partial charge is 0.321 e. The molecule has 6 saturated carbocycles. The summed E-state index contributed by atoms with van der Waals surface area (Å²) in [5.74, 6) is 4.45. The maximum absolute atomic E-state index is 13.4. The fourth-order valence-electron chi connectivity index (χ4n) is 7.42. The third-order valence-electron chi connectivity index (χ3n) is 8.40. The molecule has 0 spiro atoms. The van der Waals surface area contributed by atoms with Gasteiger partial charge < -0.3 is 9.80 Å². The third-order valence-corrected chi connectivity index (χ3v) is 8.40. The Bertz CT molecular complexity index is 524. The molecule has 6 aliphatic carbocycles. The molecular weight excluding hydrogens is 284 g/mol. The maximum Gasteiger partial charge on any atom is 0.321 e. The second kappa shape index (κ2) is 4.26. The minimum absolute atomic E-state index is 0.160. The van der Waals surface area contributed by atoms with Gasteiger partial charge >= 0.3 is 6.03 Å². The number of hydrogen-bond donors (Lipinski definition) is 0. The lowest BCUT2D eigenvalue weighted by Crippen LogP contribution is -2.56. The average Bonchev–Trinajstić information content (AvgIpc) is 3.38. The Labute approximate surface area is 139 Å². The minimum atomic E-state index is 0.160. The number of hydrogen-bond acceptors (Lipinski definition) is 1. The van der Waals surface area contributed by atoms with Crippen LogP contribution in [0, 0.1) is 29.6 Å². The predicted molar refractivity (Wildman–Crippen MR) is 88.9 cm³/mol. The van der Waals surface area contributed by atoms with Gasteiger partial charge in [-0.15, -0.1) is 0 Å². The van der Waals surface area contributed by atoms with E-state index in [2.05, 4.69) is 16.7 Å². The summed E-state index contributed by atoms with van der Waals surface area (Å²) in [6, 6.07) is 1.60. The van der Waals surface area contributed by atoms with Crippen LogP contribution < -0.4 is 0 Å². The Hall–Kier alpha value is -0.730. The van der Waals surface area contributed by atoms with Gasteiger partial charge in [-0.25, -0.2) is 4.79 Å². The van der Waals surface area contributed by atoms with Gasteiger partial charge in [-0.05, 0) is 94.3 Å². The Kier molecular flexibility index (Phi) is 2.51.